The molecule has 2 fully saturated rings. The van der Waals surface area contributed by atoms with E-state index < -0.39 is 0 Å². The number of likely N-dealkylation sites (N-methyl/N-ethyl adjacent to an activating group) is 1. The molecule has 7 nitrogen and oxygen atoms in total. The Morgan fingerprint density at radius 2 is 2.07 bits per heavy atom. The lowest BCUT2D eigenvalue weighted by atomic mass is 10.2. The van der Waals surface area contributed by atoms with Crippen molar-refractivity contribution in [3.8, 4) is 11.5 Å². The summed E-state index contributed by atoms with van der Waals surface area (Å²) in [6, 6.07) is 8.04. The van der Waals surface area contributed by atoms with Crippen LogP contribution in [0.1, 0.15) is 24.7 Å². The number of carbonyl (C=O) groups is 1. The maximum Gasteiger partial charge on any atom is 0.259 e. The van der Waals surface area contributed by atoms with E-state index in [4.69, 9.17) is 4.52 Å². The fraction of sp³-hybridized carbons (Fsp3) is 0.526. The highest BCUT2D eigenvalue weighted by Crippen LogP contribution is 2.32. The van der Waals surface area contributed by atoms with Gasteiger partial charge in [-0.25, -0.2) is 0 Å². The van der Waals surface area contributed by atoms with Gasteiger partial charge < -0.3 is 14.7 Å². The van der Waals surface area contributed by atoms with Crippen LogP contribution in [0, 0.1) is 0 Å². The molecule has 152 valence electrons. The van der Waals surface area contributed by atoms with Crippen LogP contribution in [0.25, 0.3) is 11.5 Å². The maximum atomic E-state index is 12.4. The molecule has 0 radical (unpaired) electrons. The second-order valence-corrected chi connectivity index (χ2v) is 8.05. The Morgan fingerprint density at radius 3 is 2.86 bits per heavy atom. The van der Waals surface area contributed by atoms with Crippen molar-refractivity contribution in [1.82, 2.24) is 25.3 Å². The summed E-state index contributed by atoms with van der Waals surface area (Å²) in [5.41, 5.74) is 0.891. The van der Waals surface area contributed by atoms with Crippen LogP contribution in [0.2, 0.25) is 0 Å². The third-order valence-corrected chi connectivity index (χ3v) is 6.24. The highest BCUT2D eigenvalue weighted by Gasteiger charge is 2.26. The van der Waals surface area contributed by atoms with Crippen molar-refractivity contribution in [2.75, 3.05) is 45.5 Å². The summed E-state index contributed by atoms with van der Waals surface area (Å²) >= 11 is 1.54. The topological polar surface area (TPSA) is 74.5 Å². The van der Waals surface area contributed by atoms with Gasteiger partial charge in [0.15, 0.2) is 5.82 Å². The van der Waals surface area contributed by atoms with Gasteiger partial charge in [0.1, 0.15) is 0 Å². The van der Waals surface area contributed by atoms with Crippen molar-refractivity contribution < 1.29 is 9.32 Å². The number of halogens is 1. The molecule has 1 aromatic heterocycles. The van der Waals surface area contributed by atoms with Gasteiger partial charge in [-0.3, -0.25) is 9.69 Å². The van der Waals surface area contributed by atoms with Gasteiger partial charge in [-0.2, -0.15) is 4.98 Å². The minimum absolute atomic E-state index is 0. The summed E-state index contributed by atoms with van der Waals surface area (Å²) < 4.78 is 5.58. The Labute approximate surface area is 175 Å². The monoisotopic (exact) mass is 423 g/mol. The maximum absolute atomic E-state index is 12.4. The fourth-order valence-electron chi connectivity index (χ4n) is 3.54. The Balaban J connectivity index is 0.00000225. The van der Waals surface area contributed by atoms with E-state index in [-0.39, 0.29) is 24.4 Å². The summed E-state index contributed by atoms with van der Waals surface area (Å²) in [6.45, 7) is 4.52. The predicted octanol–water partition coefficient (Wildman–Crippen LogP) is 2.45. The van der Waals surface area contributed by atoms with E-state index >= 15 is 0 Å². The molecule has 1 N–H and O–H groups in total. The summed E-state index contributed by atoms with van der Waals surface area (Å²) in [5, 5.41) is 7.59. The normalized spacial score (nSPS) is 20.2. The first kappa shape index (κ1) is 21.1. The molecule has 1 unspecified atom stereocenters. The van der Waals surface area contributed by atoms with Gasteiger partial charge >= 0.3 is 0 Å². The first-order valence-electron chi connectivity index (χ1n) is 9.47. The van der Waals surface area contributed by atoms with E-state index in [0.717, 1.165) is 56.0 Å². The van der Waals surface area contributed by atoms with Crippen molar-refractivity contribution in [1.29, 1.82) is 0 Å². The van der Waals surface area contributed by atoms with Crippen molar-refractivity contribution in [2.45, 2.75) is 23.8 Å². The Hall–Kier alpha value is -1.61. The number of carbonyl (C=O) groups excluding carboxylic acids is 1. The Kier molecular flexibility index (Phi) is 7.34. The van der Waals surface area contributed by atoms with Crippen LogP contribution in [0.4, 0.5) is 0 Å². The lowest BCUT2D eigenvalue weighted by Crippen LogP contribution is -2.44. The second-order valence-electron chi connectivity index (χ2n) is 7.03. The van der Waals surface area contributed by atoms with E-state index in [1.54, 1.807) is 11.8 Å². The number of rotatable bonds is 5. The smallest absolute Gasteiger partial charge is 0.259 e. The summed E-state index contributed by atoms with van der Waals surface area (Å²) in [5.74, 6) is 1.86. The van der Waals surface area contributed by atoms with E-state index in [1.807, 2.05) is 29.2 Å². The van der Waals surface area contributed by atoms with Gasteiger partial charge in [0.25, 0.3) is 5.89 Å². The van der Waals surface area contributed by atoms with Crippen LogP contribution in [-0.4, -0.2) is 71.4 Å². The minimum atomic E-state index is 0. The molecule has 1 amide bonds. The number of amides is 1. The number of nitrogens with one attached hydrogen (secondary N) is 1. The van der Waals surface area contributed by atoms with Gasteiger partial charge in [0.05, 0.1) is 17.4 Å². The van der Waals surface area contributed by atoms with Crippen molar-refractivity contribution >= 4 is 30.1 Å². The molecule has 0 aliphatic carbocycles. The third kappa shape index (κ3) is 4.68. The molecule has 2 saturated heterocycles. The highest BCUT2D eigenvalue weighted by atomic mass is 35.5. The molecule has 2 aliphatic rings. The summed E-state index contributed by atoms with van der Waals surface area (Å²) in [7, 11) is 2.08. The van der Waals surface area contributed by atoms with Crippen LogP contribution in [0.15, 0.2) is 33.7 Å². The molecule has 4 rings (SSSR count). The van der Waals surface area contributed by atoms with Crippen molar-refractivity contribution in [3.63, 3.8) is 0 Å². The average Bonchev–Trinajstić information content (AvgIpc) is 3.39. The lowest BCUT2D eigenvalue weighted by Gasteiger charge is -2.30. The van der Waals surface area contributed by atoms with Crippen molar-refractivity contribution in [2.24, 2.45) is 0 Å². The number of thioether (sulfide) groups is 1. The van der Waals surface area contributed by atoms with E-state index in [2.05, 4.69) is 27.4 Å². The fourth-order valence-corrected chi connectivity index (χ4v) is 4.49. The van der Waals surface area contributed by atoms with E-state index in [1.165, 1.54) is 0 Å². The quantitative estimate of drug-likeness (QED) is 0.740. The predicted molar refractivity (Wildman–Crippen MR) is 112 cm³/mol. The largest absolute Gasteiger partial charge is 0.342 e. The molecule has 2 aromatic rings. The molecule has 2 aliphatic heterocycles. The molecule has 0 saturated carbocycles. The van der Waals surface area contributed by atoms with Crippen LogP contribution in [-0.2, 0) is 4.79 Å². The number of hydrogen-bond acceptors (Lipinski definition) is 7. The van der Waals surface area contributed by atoms with Crippen molar-refractivity contribution in [3.05, 3.63) is 30.1 Å². The zero-order chi connectivity index (χ0) is 18.6. The summed E-state index contributed by atoms with van der Waals surface area (Å²) in [4.78, 5) is 22.2. The van der Waals surface area contributed by atoms with Crippen LogP contribution < -0.4 is 5.32 Å². The number of likely N-dealkylation sites (tertiary alicyclic amines) is 1. The number of piperazine rings is 1. The number of aromatic nitrogens is 2. The van der Waals surface area contributed by atoms with Gasteiger partial charge in [-0.05, 0) is 32.0 Å². The molecule has 0 bridgehead atoms. The molecular formula is C19H26ClN5O2S. The Morgan fingerprint density at radius 1 is 1.29 bits per heavy atom. The second kappa shape index (κ2) is 9.73. The van der Waals surface area contributed by atoms with Gasteiger partial charge in [-0.1, -0.05) is 17.3 Å². The molecule has 1 atom stereocenters. The van der Waals surface area contributed by atoms with Crippen LogP contribution >= 0.6 is 24.2 Å². The zero-order valence-corrected chi connectivity index (χ0v) is 17.6. The first-order valence-corrected chi connectivity index (χ1v) is 10.5. The lowest BCUT2D eigenvalue weighted by molar-refractivity contribution is -0.127. The highest BCUT2D eigenvalue weighted by molar-refractivity contribution is 8.00. The molecule has 9 heteroatoms. The molecule has 28 heavy (non-hydrogen) atoms. The standard InChI is InChI=1S/C19H25N5O2S.ClH/c1-23-11-8-20-12-15(23)18-21-19(26-22-18)14-6-2-3-7-16(14)27-13-17(25)24-9-4-5-10-24;/h2-3,6-7,15,20H,4-5,8-13H2,1H3;1H. The first-order chi connectivity index (χ1) is 13.2. The zero-order valence-electron chi connectivity index (χ0n) is 16.0. The van der Waals surface area contributed by atoms with Gasteiger partial charge in [0, 0.05) is 37.6 Å². The van der Waals surface area contributed by atoms with E-state index in [0.29, 0.717) is 17.5 Å². The third-order valence-electron chi connectivity index (χ3n) is 5.18. The number of nitrogens with zero attached hydrogens (tertiary/aromatic N) is 4. The minimum Gasteiger partial charge on any atom is -0.342 e. The van der Waals surface area contributed by atoms with Crippen LogP contribution in [0.3, 0.4) is 0 Å². The number of hydrogen-bond donors (Lipinski definition) is 1. The SMILES string of the molecule is CN1CCNCC1c1noc(-c2ccccc2SCC(=O)N2CCCC2)n1.Cl. The van der Waals surface area contributed by atoms with E-state index in [9.17, 15) is 4.79 Å². The number of benzene rings is 1. The molecule has 3 heterocycles. The van der Waals surface area contributed by atoms with Gasteiger partial charge in [-0.15, -0.1) is 24.2 Å². The molecule has 1 aromatic carbocycles. The Bertz CT molecular complexity index is 796. The van der Waals surface area contributed by atoms with Crippen LogP contribution in [0.5, 0.6) is 0 Å². The molecular weight excluding hydrogens is 398 g/mol. The summed E-state index contributed by atoms with van der Waals surface area (Å²) in [6.07, 6.45) is 2.23. The average molecular weight is 424 g/mol. The van der Waals surface area contributed by atoms with Gasteiger partial charge in [0.2, 0.25) is 5.91 Å². The molecule has 0 spiro atoms.